The van der Waals surface area contributed by atoms with E-state index in [0.29, 0.717) is 6.54 Å². The molecule has 0 aliphatic heterocycles. The SMILES string of the molecule is CCC(O)CCCCCCCCCCCC(O)CN. The zero-order valence-corrected chi connectivity index (χ0v) is 12.8. The van der Waals surface area contributed by atoms with Crippen molar-refractivity contribution in [2.24, 2.45) is 5.73 Å². The standard InChI is InChI=1S/C16H35NO2/c1-2-15(18)12-10-8-6-4-3-5-7-9-11-13-16(19)14-17/h15-16,18-19H,2-14,17H2,1H3. The smallest absolute Gasteiger partial charge is 0.0662 e. The summed E-state index contributed by atoms with van der Waals surface area (Å²) >= 11 is 0. The van der Waals surface area contributed by atoms with E-state index in [0.717, 1.165) is 25.7 Å². The maximum Gasteiger partial charge on any atom is 0.0662 e. The molecule has 0 aromatic carbocycles. The Hall–Kier alpha value is -0.120. The first-order chi connectivity index (χ1) is 9.20. The van der Waals surface area contributed by atoms with Crippen LogP contribution < -0.4 is 5.73 Å². The summed E-state index contributed by atoms with van der Waals surface area (Å²) in [5.41, 5.74) is 5.35. The van der Waals surface area contributed by atoms with Crippen LogP contribution in [0.5, 0.6) is 0 Å². The molecule has 116 valence electrons. The normalized spacial score (nSPS) is 14.5. The van der Waals surface area contributed by atoms with Gasteiger partial charge in [0.25, 0.3) is 0 Å². The van der Waals surface area contributed by atoms with Crippen molar-refractivity contribution in [2.45, 2.75) is 96.2 Å². The number of hydrogen-bond donors (Lipinski definition) is 3. The second-order valence-electron chi connectivity index (χ2n) is 5.71. The van der Waals surface area contributed by atoms with Crippen molar-refractivity contribution >= 4 is 0 Å². The Labute approximate surface area is 119 Å². The summed E-state index contributed by atoms with van der Waals surface area (Å²) in [6, 6.07) is 0. The van der Waals surface area contributed by atoms with Gasteiger partial charge in [0.05, 0.1) is 12.2 Å². The van der Waals surface area contributed by atoms with Crippen LogP contribution in [0.1, 0.15) is 84.0 Å². The van der Waals surface area contributed by atoms with E-state index in [1.165, 1.54) is 51.4 Å². The van der Waals surface area contributed by atoms with Gasteiger partial charge in [-0.25, -0.2) is 0 Å². The average Bonchev–Trinajstić information content (AvgIpc) is 2.43. The summed E-state index contributed by atoms with van der Waals surface area (Å²) in [6.07, 6.45) is 13.7. The van der Waals surface area contributed by atoms with Crippen molar-refractivity contribution in [1.82, 2.24) is 0 Å². The molecule has 0 amide bonds. The van der Waals surface area contributed by atoms with Crippen molar-refractivity contribution in [3.8, 4) is 0 Å². The zero-order valence-electron chi connectivity index (χ0n) is 12.8. The number of aliphatic hydroxyl groups excluding tert-OH is 2. The lowest BCUT2D eigenvalue weighted by Crippen LogP contribution is -2.19. The highest BCUT2D eigenvalue weighted by Gasteiger charge is 2.01. The van der Waals surface area contributed by atoms with Gasteiger partial charge in [-0.05, 0) is 19.3 Å². The topological polar surface area (TPSA) is 66.5 Å². The molecule has 0 saturated carbocycles. The number of nitrogens with two attached hydrogens (primary N) is 1. The van der Waals surface area contributed by atoms with Crippen LogP contribution >= 0.6 is 0 Å². The van der Waals surface area contributed by atoms with Crippen molar-refractivity contribution in [3.05, 3.63) is 0 Å². The zero-order chi connectivity index (χ0) is 14.3. The molecule has 0 aromatic rings. The third-order valence-corrected chi connectivity index (χ3v) is 3.82. The van der Waals surface area contributed by atoms with Crippen LogP contribution in [-0.4, -0.2) is 29.0 Å². The van der Waals surface area contributed by atoms with Gasteiger partial charge >= 0.3 is 0 Å². The number of hydrogen-bond acceptors (Lipinski definition) is 3. The minimum atomic E-state index is -0.293. The molecule has 0 radical (unpaired) electrons. The maximum atomic E-state index is 9.41. The van der Waals surface area contributed by atoms with E-state index in [1.54, 1.807) is 0 Å². The van der Waals surface area contributed by atoms with Gasteiger partial charge in [-0.2, -0.15) is 0 Å². The van der Waals surface area contributed by atoms with Crippen LogP contribution in [0.25, 0.3) is 0 Å². The molecule has 0 aromatic heterocycles. The minimum absolute atomic E-state index is 0.0797. The van der Waals surface area contributed by atoms with Gasteiger partial charge in [-0.1, -0.05) is 64.7 Å². The lowest BCUT2D eigenvalue weighted by Gasteiger charge is -2.07. The van der Waals surface area contributed by atoms with Crippen LogP contribution in [0.15, 0.2) is 0 Å². The number of unbranched alkanes of at least 4 members (excludes halogenated alkanes) is 8. The first-order valence-electron chi connectivity index (χ1n) is 8.26. The van der Waals surface area contributed by atoms with Gasteiger partial charge < -0.3 is 15.9 Å². The Bertz CT molecular complexity index is 158. The molecule has 0 aliphatic carbocycles. The van der Waals surface area contributed by atoms with Gasteiger partial charge in [0.1, 0.15) is 0 Å². The van der Waals surface area contributed by atoms with Gasteiger partial charge in [-0.15, -0.1) is 0 Å². The highest BCUT2D eigenvalue weighted by atomic mass is 16.3. The fraction of sp³-hybridized carbons (Fsp3) is 1.00. The molecule has 3 heteroatoms. The molecule has 2 unspecified atom stereocenters. The molecule has 2 atom stereocenters. The minimum Gasteiger partial charge on any atom is -0.393 e. The highest BCUT2D eigenvalue weighted by molar-refractivity contribution is 4.56. The second-order valence-corrected chi connectivity index (χ2v) is 5.71. The van der Waals surface area contributed by atoms with Crippen LogP contribution in [0.2, 0.25) is 0 Å². The predicted octanol–water partition coefficient (Wildman–Crippen LogP) is 3.37. The van der Waals surface area contributed by atoms with Crippen molar-refractivity contribution in [1.29, 1.82) is 0 Å². The number of aliphatic hydroxyl groups is 2. The molecule has 0 bridgehead atoms. The second kappa shape index (κ2) is 14.3. The van der Waals surface area contributed by atoms with Crippen LogP contribution in [0, 0.1) is 0 Å². The van der Waals surface area contributed by atoms with E-state index in [-0.39, 0.29) is 12.2 Å². The summed E-state index contributed by atoms with van der Waals surface area (Å²) in [4.78, 5) is 0. The lowest BCUT2D eigenvalue weighted by atomic mass is 10.0. The molecule has 4 N–H and O–H groups in total. The Morgan fingerprint density at radius 3 is 1.42 bits per heavy atom. The van der Waals surface area contributed by atoms with E-state index < -0.39 is 0 Å². The molecule has 0 saturated heterocycles. The molecule has 0 fully saturated rings. The van der Waals surface area contributed by atoms with E-state index in [4.69, 9.17) is 5.73 Å². The Morgan fingerprint density at radius 1 is 0.684 bits per heavy atom. The molecular formula is C16H35NO2. The molecule has 3 nitrogen and oxygen atoms in total. The molecule has 19 heavy (non-hydrogen) atoms. The molecule has 0 rings (SSSR count). The predicted molar refractivity (Wildman–Crippen MR) is 82.1 cm³/mol. The van der Waals surface area contributed by atoms with E-state index in [9.17, 15) is 10.2 Å². The highest BCUT2D eigenvalue weighted by Crippen LogP contribution is 2.13. The van der Waals surface area contributed by atoms with Gasteiger partial charge in [0, 0.05) is 6.54 Å². The monoisotopic (exact) mass is 273 g/mol. The van der Waals surface area contributed by atoms with Gasteiger partial charge in [-0.3, -0.25) is 0 Å². The van der Waals surface area contributed by atoms with E-state index >= 15 is 0 Å². The summed E-state index contributed by atoms with van der Waals surface area (Å²) < 4.78 is 0. The summed E-state index contributed by atoms with van der Waals surface area (Å²) in [5, 5.41) is 18.7. The Kier molecular flexibility index (Phi) is 14.2. The van der Waals surface area contributed by atoms with E-state index in [2.05, 4.69) is 0 Å². The fourth-order valence-corrected chi connectivity index (χ4v) is 2.32. The van der Waals surface area contributed by atoms with Crippen LogP contribution in [0.4, 0.5) is 0 Å². The fourth-order valence-electron chi connectivity index (χ4n) is 2.32. The molecule has 0 heterocycles. The van der Waals surface area contributed by atoms with Crippen molar-refractivity contribution in [2.75, 3.05) is 6.54 Å². The first-order valence-corrected chi connectivity index (χ1v) is 8.26. The first kappa shape index (κ1) is 18.9. The molecular weight excluding hydrogens is 238 g/mol. The largest absolute Gasteiger partial charge is 0.393 e. The molecule has 0 spiro atoms. The van der Waals surface area contributed by atoms with E-state index in [1.807, 2.05) is 6.92 Å². The summed E-state index contributed by atoms with van der Waals surface area (Å²) in [5.74, 6) is 0. The average molecular weight is 273 g/mol. The Balaban J connectivity index is 3.03. The lowest BCUT2D eigenvalue weighted by molar-refractivity contribution is 0.156. The Morgan fingerprint density at radius 2 is 1.05 bits per heavy atom. The third kappa shape index (κ3) is 14.1. The summed E-state index contributed by atoms with van der Waals surface area (Å²) in [6.45, 7) is 2.43. The van der Waals surface area contributed by atoms with Crippen LogP contribution in [0.3, 0.4) is 0 Å². The van der Waals surface area contributed by atoms with Gasteiger partial charge in [0.2, 0.25) is 0 Å². The maximum absolute atomic E-state index is 9.41. The van der Waals surface area contributed by atoms with Gasteiger partial charge in [0.15, 0.2) is 0 Å². The summed E-state index contributed by atoms with van der Waals surface area (Å²) in [7, 11) is 0. The number of rotatable bonds is 14. The van der Waals surface area contributed by atoms with Crippen molar-refractivity contribution < 1.29 is 10.2 Å². The van der Waals surface area contributed by atoms with Crippen LogP contribution in [-0.2, 0) is 0 Å². The van der Waals surface area contributed by atoms with Crippen molar-refractivity contribution in [3.63, 3.8) is 0 Å². The quantitative estimate of drug-likeness (QED) is 0.425. The molecule has 0 aliphatic rings. The third-order valence-electron chi connectivity index (χ3n) is 3.82.